The van der Waals surface area contributed by atoms with Gasteiger partial charge in [-0.05, 0) is 6.42 Å². The van der Waals surface area contributed by atoms with Gasteiger partial charge in [-0.3, -0.25) is 18.9 Å². The van der Waals surface area contributed by atoms with Crippen molar-refractivity contribution in [2.75, 3.05) is 0 Å². The van der Waals surface area contributed by atoms with Crippen LogP contribution in [0.5, 0.6) is 0 Å². The molecule has 0 amide bonds. The molecular formula is C7H11O9P. The molecule has 1 unspecified atom stereocenters. The zero-order valence-electron chi connectivity index (χ0n) is 8.39. The second-order valence-electron chi connectivity index (χ2n) is 3.31. The maximum atomic E-state index is 10.9. The zero-order valence-corrected chi connectivity index (χ0v) is 9.28. The Hall–Kier alpha value is -1.44. The minimum atomic E-state index is -4.87. The van der Waals surface area contributed by atoms with Gasteiger partial charge in [0.1, 0.15) is 0 Å². The first kappa shape index (κ1) is 15.6. The predicted octanol–water partition coefficient (Wildman–Crippen LogP) is -0.817. The van der Waals surface area contributed by atoms with E-state index in [0.29, 0.717) is 0 Å². The molecule has 0 aliphatic carbocycles. The summed E-state index contributed by atoms with van der Waals surface area (Å²) >= 11 is 0. The Kier molecular flexibility index (Phi) is 5.27. The number of rotatable bonds is 7. The fraction of sp³-hybridized carbons (Fsp3) is 0.571. The zero-order chi connectivity index (χ0) is 13.8. The van der Waals surface area contributed by atoms with Gasteiger partial charge < -0.3 is 25.1 Å². The van der Waals surface area contributed by atoms with E-state index in [1.807, 2.05) is 0 Å². The van der Waals surface area contributed by atoms with E-state index in [4.69, 9.17) is 25.1 Å². The molecule has 0 aliphatic heterocycles. The molecule has 5 N–H and O–H groups in total. The summed E-state index contributed by atoms with van der Waals surface area (Å²) in [6, 6.07) is 0. The molecule has 0 aliphatic rings. The third-order valence-electron chi connectivity index (χ3n) is 1.99. The molecule has 0 spiro atoms. The first-order valence-electron chi connectivity index (χ1n) is 4.28. The van der Waals surface area contributed by atoms with Gasteiger partial charge in [0.25, 0.3) is 0 Å². The highest BCUT2D eigenvalue weighted by molar-refractivity contribution is 7.52. The van der Waals surface area contributed by atoms with Crippen molar-refractivity contribution in [3.8, 4) is 0 Å². The molecule has 1 atom stereocenters. The molecule has 98 valence electrons. The van der Waals surface area contributed by atoms with Crippen molar-refractivity contribution in [1.29, 1.82) is 0 Å². The second-order valence-corrected chi connectivity index (χ2v) is 5.21. The Labute approximate surface area is 94.8 Å². The van der Waals surface area contributed by atoms with Gasteiger partial charge in [0.15, 0.2) is 5.92 Å². The second kappa shape index (κ2) is 5.76. The molecule has 17 heavy (non-hydrogen) atoms. The van der Waals surface area contributed by atoms with Crippen molar-refractivity contribution in [2.45, 2.75) is 18.5 Å². The number of hydrogen-bond donors (Lipinski definition) is 5. The SMILES string of the molecule is O=C(O)CC(CC(C(=O)O)C(=O)O)P(=O)(O)O. The molecule has 0 aromatic rings. The molecule has 10 heteroatoms. The molecule has 0 aromatic carbocycles. The van der Waals surface area contributed by atoms with E-state index >= 15 is 0 Å². The van der Waals surface area contributed by atoms with E-state index < -0.39 is 49.9 Å². The lowest BCUT2D eigenvalue weighted by atomic mass is 10.0. The largest absolute Gasteiger partial charge is 0.481 e. The van der Waals surface area contributed by atoms with Crippen LogP contribution in [0.1, 0.15) is 12.8 Å². The third kappa shape index (κ3) is 5.43. The van der Waals surface area contributed by atoms with E-state index in [2.05, 4.69) is 0 Å². The van der Waals surface area contributed by atoms with Crippen LogP contribution >= 0.6 is 7.60 Å². The van der Waals surface area contributed by atoms with Crippen LogP contribution in [-0.4, -0.2) is 48.7 Å². The van der Waals surface area contributed by atoms with Crippen molar-refractivity contribution in [1.82, 2.24) is 0 Å². The number of carboxylic acid groups (broad SMARTS) is 3. The summed E-state index contributed by atoms with van der Waals surface area (Å²) in [6.45, 7) is 0. The lowest BCUT2D eigenvalue weighted by Crippen LogP contribution is -2.29. The van der Waals surface area contributed by atoms with Gasteiger partial charge in [-0.1, -0.05) is 0 Å². The van der Waals surface area contributed by atoms with Gasteiger partial charge >= 0.3 is 25.5 Å². The number of aliphatic carboxylic acids is 3. The molecule has 0 bridgehead atoms. The summed E-state index contributed by atoms with van der Waals surface area (Å²) in [5, 5.41) is 25.4. The highest BCUT2D eigenvalue weighted by atomic mass is 31.2. The molecule has 0 rings (SSSR count). The van der Waals surface area contributed by atoms with Gasteiger partial charge in [-0.25, -0.2) is 0 Å². The quantitative estimate of drug-likeness (QED) is 0.293. The molecule has 0 heterocycles. The van der Waals surface area contributed by atoms with Crippen LogP contribution in [0.2, 0.25) is 0 Å². The normalized spacial score (nSPS) is 13.4. The van der Waals surface area contributed by atoms with Crippen LogP contribution in [0.3, 0.4) is 0 Å². The highest BCUT2D eigenvalue weighted by Crippen LogP contribution is 2.46. The topological polar surface area (TPSA) is 169 Å². The molecule has 9 nitrogen and oxygen atoms in total. The van der Waals surface area contributed by atoms with E-state index in [1.54, 1.807) is 0 Å². The standard InChI is InChI=1S/C7H11O9P/c8-5(9)2-3(17(14,15)16)1-4(6(10)11)7(12)13/h3-4H,1-2H2,(H,8,9)(H,10,11)(H,12,13)(H2,14,15,16). The first-order valence-corrected chi connectivity index (χ1v) is 5.96. The van der Waals surface area contributed by atoms with Crippen molar-refractivity contribution >= 4 is 25.5 Å². The number of hydrogen-bond acceptors (Lipinski definition) is 4. The van der Waals surface area contributed by atoms with Gasteiger partial charge in [-0.2, -0.15) is 0 Å². The summed E-state index contributed by atoms with van der Waals surface area (Å²) in [7, 11) is -4.87. The summed E-state index contributed by atoms with van der Waals surface area (Å²) in [5.74, 6) is -7.15. The predicted molar refractivity (Wildman–Crippen MR) is 51.5 cm³/mol. The molecule has 0 saturated heterocycles. The fourth-order valence-electron chi connectivity index (χ4n) is 1.12. The summed E-state index contributed by atoms with van der Waals surface area (Å²) < 4.78 is 10.9. The molecular weight excluding hydrogens is 259 g/mol. The van der Waals surface area contributed by atoms with Crippen LogP contribution < -0.4 is 0 Å². The monoisotopic (exact) mass is 270 g/mol. The summed E-state index contributed by atoms with van der Waals surface area (Å²) in [5.41, 5.74) is -1.84. The van der Waals surface area contributed by atoms with Crippen molar-refractivity contribution in [2.24, 2.45) is 5.92 Å². The smallest absolute Gasteiger partial charge is 0.329 e. The highest BCUT2D eigenvalue weighted by Gasteiger charge is 2.38. The van der Waals surface area contributed by atoms with Gasteiger partial charge in [-0.15, -0.1) is 0 Å². The van der Waals surface area contributed by atoms with E-state index in [1.165, 1.54) is 0 Å². The molecule has 0 aromatic heterocycles. The Morgan fingerprint density at radius 1 is 1.00 bits per heavy atom. The van der Waals surface area contributed by atoms with Crippen molar-refractivity contribution < 1.29 is 44.1 Å². The average molecular weight is 270 g/mol. The van der Waals surface area contributed by atoms with E-state index in [0.717, 1.165) is 0 Å². The maximum absolute atomic E-state index is 10.9. The Morgan fingerprint density at radius 2 is 1.41 bits per heavy atom. The lowest BCUT2D eigenvalue weighted by molar-refractivity contribution is -0.155. The third-order valence-corrected chi connectivity index (χ3v) is 3.33. The van der Waals surface area contributed by atoms with Crippen LogP contribution in [0.25, 0.3) is 0 Å². The van der Waals surface area contributed by atoms with Crippen molar-refractivity contribution in [3.63, 3.8) is 0 Å². The van der Waals surface area contributed by atoms with Crippen LogP contribution in [0, 0.1) is 5.92 Å². The van der Waals surface area contributed by atoms with Crippen LogP contribution in [-0.2, 0) is 18.9 Å². The van der Waals surface area contributed by atoms with E-state index in [9.17, 15) is 18.9 Å². The molecule has 0 radical (unpaired) electrons. The summed E-state index contributed by atoms with van der Waals surface area (Å²) in [4.78, 5) is 49.0. The van der Waals surface area contributed by atoms with Gasteiger partial charge in [0, 0.05) is 0 Å². The van der Waals surface area contributed by atoms with Crippen LogP contribution in [0.15, 0.2) is 0 Å². The lowest BCUT2D eigenvalue weighted by Gasteiger charge is -2.18. The molecule has 0 fully saturated rings. The van der Waals surface area contributed by atoms with Crippen LogP contribution in [0.4, 0.5) is 0 Å². The Bertz CT molecular complexity index is 356. The maximum Gasteiger partial charge on any atom is 0.329 e. The first-order chi connectivity index (χ1) is 7.55. The minimum Gasteiger partial charge on any atom is -0.481 e. The minimum absolute atomic E-state index is 0.943. The molecule has 0 saturated carbocycles. The number of carbonyl (C=O) groups is 3. The number of carboxylic acids is 3. The summed E-state index contributed by atoms with van der Waals surface area (Å²) in [6.07, 6.45) is -1.94. The fourth-order valence-corrected chi connectivity index (χ4v) is 2.00. The van der Waals surface area contributed by atoms with Crippen molar-refractivity contribution in [3.05, 3.63) is 0 Å². The Balaban J connectivity index is 4.96. The van der Waals surface area contributed by atoms with Gasteiger partial charge in [0.05, 0.1) is 12.1 Å². The Morgan fingerprint density at radius 3 is 1.65 bits per heavy atom. The van der Waals surface area contributed by atoms with Gasteiger partial charge in [0.2, 0.25) is 0 Å². The average Bonchev–Trinajstić information content (AvgIpc) is 2.07. The van der Waals surface area contributed by atoms with E-state index in [-0.39, 0.29) is 0 Å².